The molecule has 5 nitrogen and oxygen atoms in total. The summed E-state index contributed by atoms with van der Waals surface area (Å²) in [5, 5.41) is 19.9. The molecule has 0 fully saturated rings. The summed E-state index contributed by atoms with van der Waals surface area (Å²) >= 11 is 1.28. The Hall–Kier alpha value is -2.34. The molecule has 0 amide bonds. The Bertz CT molecular complexity index is 728. The number of carboxylic acids is 1. The van der Waals surface area contributed by atoms with Gasteiger partial charge in [0.05, 0.1) is 10.5 Å². The largest absolute Gasteiger partial charge is 0.478 e. The molecule has 21 heavy (non-hydrogen) atoms. The molecular formula is C15H13NO4S. The molecule has 0 aliphatic heterocycles. The van der Waals surface area contributed by atoms with Crippen molar-refractivity contribution < 1.29 is 14.8 Å². The van der Waals surface area contributed by atoms with Crippen molar-refractivity contribution in [2.45, 2.75) is 23.6 Å². The first-order chi connectivity index (χ1) is 9.88. The van der Waals surface area contributed by atoms with Gasteiger partial charge in [-0.2, -0.15) is 0 Å². The summed E-state index contributed by atoms with van der Waals surface area (Å²) < 4.78 is 0. The molecule has 0 atom stereocenters. The quantitative estimate of drug-likeness (QED) is 0.680. The molecule has 6 heteroatoms. The number of aromatic carboxylic acids is 1. The van der Waals surface area contributed by atoms with Gasteiger partial charge in [-0.05, 0) is 43.2 Å². The fourth-order valence-corrected chi connectivity index (χ4v) is 2.81. The number of hydrogen-bond donors (Lipinski definition) is 1. The van der Waals surface area contributed by atoms with Crippen LogP contribution in [0.25, 0.3) is 0 Å². The first-order valence-corrected chi connectivity index (χ1v) is 6.97. The number of carbonyl (C=O) groups is 1. The van der Waals surface area contributed by atoms with Crippen LogP contribution < -0.4 is 0 Å². The molecule has 2 rings (SSSR count). The monoisotopic (exact) mass is 303 g/mol. The van der Waals surface area contributed by atoms with Gasteiger partial charge in [0.15, 0.2) is 0 Å². The number of non-ortho nitro benzene ring substituents is 1. The van der Waals surface area contributed by atoms with Crippen molar-refractivity contribution in [2.75, 3.05) is 0 Å². The second-order valence-electron chi connectivity index (χ2n) is 4.59. The minimum absolute atomic E-state index is 0.0626. The molecule has 2 aromatic rings. The third-order valence-electron chi connectivity index (χ3n) is 3.11. The Labute approximate surface area is 125 Å². The summed E-state index contributed by atoms with van der Waals surface area (Å²) in [7, 11) is 0. The van der Waals surface area contributed by atoms with E-state index >= 15 is 0 Å². The number of nitrogens with zero attached hydrogens (tertiary/aromatic N) is 1. The van der Waals surface area contributed by atoms with Crippen LogP contribution in [-0.2, 0) is 0 Å². The number of aryl methyl sites for hydroxylation is 2. The van der Waals surface area contributed by atoms with Crippen LogP contribution in [0.1, 0.15) is 21.5 Å². The molecule has 0 radical (unpaired) electrons. The van der Waals surface area contributed by atoms with Gasteiger partial charge in [0, 0.05) is 21.9 Å². The maximum atomic E-state index is 11.3. The summed E-state index contributed by atoms with van der Waals surface area (Å²) in [4.78, 5) is 22.8. The van der Waals surface area contributed by atoms with E-state index in [4.69, 9.17) is 0 Å². The van der Waals surface area contributed by atoms with Crippen LogP contribution >= 0.6 is 11.8 Å². The van der Waals surface area contributed by atoms with Crippen molar-refractivity contribution >= 4 is 23.4 Å². The Kier molecular flexibility index (Phi) is 4.28. The normalized spacial score (nSPS) is 10.4. The Balaban J connectivity index is 2.41. The van der Waals surface area contributed by atoms with E-state index in [1.807, 2.05) is 32.0 Å². The van der Waals surface area contributed by atoms with E-state index in [0.29, 0.717) is 4.90 Å². The number of hydrogen-bond acceptors (Lipinski definition) is 4. The number of benzene rings is 2. The minimum Gasteiger partial charge on any atom is -0.478 e. The second-order valence-corrected chi connectivity index (χ2v) is 5.71. The average molecular weight is 303 g/mol. The molecule has 0 spiro atoms. The third kappa shape index (κ3) is 3.41. The fraction of sp³-hybridized carbons (Fsp3) is 0.133. The minimum atomic E-state index is -1.18. The predicted octanol–water partition coefficient (Wildman–Crippen LogP) is 4.06. The molecule has 0 aliphatic carbocycles. The van der Waals surface area contributed by atoms with Crippen LogP contribution in [0.5, 0.6) is 0 Å². The third-order valence-corrected chi connectivity index (χ3v) is 4.18. The SMILES string of the molecule is Cc1ccc(Sc2ccc([N+](=O)[O-])cc2C(=O)O)cc1C. The molecular weight excluding hydrogens is 290 g/mol. The lowest BCUT2D eigenvalue weighted by atomic mass is 10.1. The maximum Gasteiger partial charge on any atom is 0.337 e. The molecule has 0 bridgehead atoms. The molecule has 0 aromatic heterocycles. The van der Waals surface area contributed by atoms with Crippen molar-refractivity contribution in [3.05, 3.63) is 63.2 Å². The highest BCUT2D eigenvalue weighted by molar-refractivity contribution is 7.99. The molecule has 108 valence electrons. The van der Waals surface area contributed by atoms with Crippen LogP contribution in [0.4, 0.5) is 5.69 Å². The van der Waals surface area contributed by atoms with Crippen LogP contribution in [0.2, 0.25) is 0 Å². The zero-order chi connectivity index (χ0) is 15.6. The van der Waals surface area contributed by atoms with E-state index in [-0.39, 0.29) is 11.3 Å². The van der Waals surface area contributed by atoms with Gasteiger partial charge in [-0.1, -0.05) is 17.8 Å². The highest BCUT2D eigenvalue weighted by Gasteiger charge is 2.16. The standard InChI is InChI=1S/C15H13NO4S/c1-9-3-5-12(7-10(9)2)21-14-6-4-11(16(19)20)8-13(14)15(17)18/h3-8H,1-2H3,(H,17,18). The lowest BCUT2D eigenvalue weighted by molar-refractivity contribution is -0.384. The van der Waals surface area contributed by atoms with Gasteiger partial charge in [0.1, 0.15) is 0 Å². The number of carboxylic acid groups (broad SMARTS) is 1. The highest BCUT2D eigenvalue weighted by atomic mass is 32.2. The van der Waals surface area contributed by atoms with Gasteiger partial charge in [-0.3, -0.25) is 10.1 Å². The molecule has 0 saturated heterocycles. The van der Waals surface area contributed by atoms with Crippen molar-refractivity contribution in [3.63, 3.8) is 0 Å². The van der Waals surface area contributed by atoms with E-state index in [2.05, 4.69) is 0 Å². The summed E-state index contributed by atoms with van der Waals surface area (Å²) in [6.45, 7) is 3.98. The van der Waals surface area contributed by atoms with Gasteiger partial charge in [0.2, 0.25) is 0 Å². The van der Waals surface area contributed by atoms with Crippen molar-refractivity contribution in [1.82, 2.24) is 0 Å². The number of rotatable bonds is 4. The van der Waals surface area contributed by atoms with Crippen LogP contribution in [-0.4, -0.2) is 16.0 Å². The van der Waals surface area contributed by atoms with Crippen LogP contribution in [0.3, 0.4) is 0 Å². The summed E-state index contributed by atoms with van der Waals surface area (Å²) in [6.07, 6.45) is 0. The van der Waals surface area contributed by atoms with Gasteiger partial charge in [0.25, 0.3) is 5.69 Å². The van der Waals surface area contributed by atoms with Crippen LogP contribution in [0, 0.1) is 24.0 Å². The van der Waals surface area contributed by atoms with Gasteiger partial charge >= 0.3 is 5.97 Å². The lowest BCUT2D eigenvalue weighted by Gasteiger charge is -2.07. The molecule has 0 unspecified atom stereocenters. The highest BCUT2D eigenvalue weighted by Crippen LogP contribution is 2.33. The summed E-state index contributed by atoms with van der Waals surface area (Å²) in [6, 6.07) is 9.71. The molecule has 2 aromatic carbocycles. The topological polar surface area (TPSA) is 80.4 Å². The van der Waals surface area contributed by atoms with E-state index in [1.165, 1.54) is 23.9 Å². The van der Waals surface area contributed by atoms with Gasteiger partial charge in [-0.15, -0.1) is 0 Å². The molecule has 0 saturated carbocycles. The van der Waals surface area contributed by atoms with Crippen molar-refractivity contribution in [1.29, 1.82) is 0 Å². The Morgan fingerprint density at radius 1 is 1.14 bits per heavy atom. The van der Waals surface area contributed by atoms with Crippen LogP contribution in [0.15, 0.2) is 46.2 Å². The molecule has 0 aliphatic rings. The Morgan fingerprint density at radius 3 is 2.43 bits per heavy atom. The van der Waals surface area contributed by atoms with E-state index in [9.17, 15) is 20.0 Å². The van der Waals surface area contributed by atoms with E-state index in [0.717, 1.165) is 22.1 Å². The van der Waals surface area contributed by atoms with Crippen molar-refractivity contribution in [3.8, 4) is 0 Å². The zero-order valence-electron chi connectivity index (χ0n) is 11.5. The lowest BCUT2D eigenvalue weighted by Crippen LogP contribution is -2.00. The number of nitro groups is 1. The first kappa shape index (κ1) is 15.1. The zero-order valence-corrected chi connectivity index (χ0v) is 12.3. The molecule has 1 N–H and O–H groups in total. The predicted molar refractivity (Wildman–Crippen MR) is 80.1 cm³/mol. The Morgan fingerprint density at radius 2 is 1.86 bits per heavy atom. The smallest absolute Gasteiger partial charge is 0.337 e. The van der Waals surface area contributed by atoms with Crippen molar-refractivity contribution in [2.24, 2.45) is 0 Å². The van der Waals surface area contributed by atoms with E-state index in [1.54, 1.807) is 0 Å². The maximum absolute atomic E-state index is 11.3. The van der Waals surface area contributed by atoms with E-state index < -0.39 is 10.9 Å². The second kappa shape index (κ2) is 5.97. The van der Waals surface area contributed by atoms with Gasteiger partial charge < -0.3 is 5.11 Å². The van der Waals surface area contributed by atoms with Gasteiger partial charge in [-0.25, -0.2) is 4.79 Å². The summed E-state index contributed by atoms with van der Waals surface area (Å²) in [5.41, 5.74) is 1.98. The average Bonchev–Trinajstić information content (AvgIpc) is 2.43. The fourth-order valence-electron chi connectivity index (χ4n) is 1.79. The summed E-state index contributed by atoms with van der Waals surface area (Å²) in [5.74, 6) is -1.18. The molecule has 0 heterocycles. The number of nitro benzene ring substituents is 1. The first-order valence-electron chi connectivity index (χ1n) is 6.15.